The minimum Gasteiger partial charge on any atom is -0.497 e. The van der Waals surface area contributed by atoms with Crippen molar-refractivity contribution in [3.63, 3.8) is 0 Å². The fourth-order valence-corrected chi connectivity index (χ4v) is 1.73. The van der Waals surface area contributed by atoms with Crippen LogP contribution in [-0.4, -0.2) is 18.2 Å². The first kappa shape index (κ1) is 12.0. The van der Waals surface area contributed by atoms with Crippen molar-refractivity contribution in [1.82, 2.24) is 0 Å². The Labute approximate surface area is 105 Å². The minimum atomic E-state index is -0.973. The van der Waals surface area contributed by atoms with Gasteiger partial charge in [0.1, 0.15) is 5.75 Å². The fourth-order valence-electron chi connectivity index (χ4n) is 1.73. The van der Waals surface area contributed by atoms with E-state index >= 15 is 0 Å². The number of anilines is 1. The smallest absolute Gasteiger partial charge is 0.335 e. The lowest BCUT2D eigenvalue weighted by Crippen LogP contribution is -1.99. The molecule has 0 bridgehead atoms. The van der Waals surface area contributed by atoms with Gasteiger partial charge >= 0.3 is 5.97 Å². The number of hydrogen-bond donors (Lipinski definition) is 2. The Morgan fingerprint density at radius 1 is 1.22 bits per heavy atom. The van der Waals surface area contributed by atoms with E-state index in [0.717, 1.165) is 5.56 Å². The molecule has 4 nitrogen and oxygen atoms in total. The molecule has 92 valence electrons. The van der Waals surface area contributed by atoms with Gasteiger partial charge in [-0.1, -0.05) is 12.1 Å². The number of aromatic carboxylic acids is 1. The molecule has 0 spiro atoms. The van der Waals surface area contributed by atoms with Gasteiger partial charge in [0.05, 0.1) is 12.7 Å². The van der Waals surface area contributed by atoms with Gasteiger partial charge in [0, 0.05) is 11.3 Å². The summed E-state index contributed by atoms with van der Waals surface area (Å²) in [5, 5.41) is 8.98. The van der Waals surface area contributed by atoms with Gasteiger partial charge in [-0.2, -0.15) is 0 Å². The van der Waals surface area contributed by atoms with Crippen LogP contribution in [-0.2, 0) is 0 Å². The predicted octanol–water partition coefficient (Wildman–Crippen LogP) is 2.64. The highest BCUT2D eigenvalue weighted by atomic mass is 16.5. The topological polar surface area (TPSA) is 72.5 Å². The molecular formula is C14H13NO3. The molecule has 0 aromatic heterocycles. The van der Waals surface area contributed by atoms with Gasteiger partial charge in [-0.3, -0.25) is 0 Å². The summed E-state index contributed by atoms with van der Waals surface area (Å²) in [5.41, 5.74) is 8.14. The van der Waals surface area contributed by atoms with Crippen LogP contribution < -0.4 is 10.5 Å². The van der Waals surface area contributed by atoms with Gasteiger partial charge in [-0.15, -0.1) is 0 Å². The van der Waals surface area contributed by atoms with Crippen LogP contribution in [0, 0.1) is 0 Å². The van der Waals surface area contributed by atoms with Gasteiger partial charge in [0.2, 0.25) is 0 Å². The Hall–Kier alpha value is -2.49. The third kappa shape index (κ3) is 2.27. The SMILES string of the molecule is COc1cccc(-c2cc(C(=O)O)ccc2N)c1. The van der Waals surface area contributed by atoms with Crippen molar-refractivity contribution in [2.24, 2.45) is 0 Å². The van der Waals surface area contributed by atoms with Crippen molar-refractivity contribution in [2.45, 2.75) is 0 Å². The van der Waals surface area contributed by atoms with Gasteiger partial charge < -0.3 is 15.6 Å². The van der Waals surface area contributed by atoms with Crippen LogP contribution in [0.2, 0.25) is 0 Å². The molecule has 18 heavy (non-hydrogen) atoms. The molecule has 0 heterocycles. The molecule has 0 aliphatic carbocycles. The average Bonchev–Trinajstić information content (AvgIpc) is 2.39. The summed E-state index contributed by atoms with van der Waals surface area (Å²) >= 11 is 0. The second-order valence-corrected chi connectivity index (χ2v) is 3.84. The number of methoxy groups -OCH3 is 1. The second-order valence-electron chi connectivity index (χ2n) is 3.84. The van der Waals surface area contributed by atoms with E-state index in [4.69, 9.17) is 15.6 Å². The summed E-state index contributed by atoms with van der Waals surface area (Å²) in [7, 11) is 1.58. The summed E-state index contributed by atoms with van der Waals surface area (Å²) in [6.45, 7) is 0. The van der Waals surface area contributed by atoms with Crippen molar-refractivity contribution in [3.05, 3.63) is 48.0 Å². The van der Waals surface area contributed by atoms with Gasteiger partial charge in [0.25, 0.3) is 0 Å². The van der Waals surface area contributed by atoms with Crippen LogP contribution in [0.4, 0.5) is 5.69 Å². The predicted molar refractivity (Wildman–Crippen MR) is 69.8 cm³/mol. The van der Waals surface area contributed by atoms with Gasteiger partial charge in [-0.25, -0.2) is 4.79 Å². The normalized spacial score (nSPS) is 10.1. The lowest BCUT2D eigenvalue weighted by molar-refractivity contribution is 0.0697. The first-order valence-electron chi connectivity index (χ1n) is 5.39. The number of ether oxygens (including phenoxy) is 1. The number of nitrogens with two attached hydrogens (primary N) is 1. The molecule has 2 aromatic rings. The molecule has 0 atom stereocenters. The molecule has 0 amide bonds. The third-order valence-electron chi connectivity index (χ3n) is 2.68. The van der Waals surface area contributed by atoms with E-state index in [-0.39, 0.29) is 5.56 Å². The minimum absolute atomic E-state index is 0.210. The number of rotatable bonds is 3. The molecule has 0 aliphatic rings. The van der Waals surface area contributed by atoms with Crippen LogP contribution >= 0.6 is 0 Å². The first-order chi connectivity index (χ1) is 8.61. The number of benzene rings is 2. The van der Waals surface area contributed by atoms with Crippen LogP contribution in [0.5, 0.6) is 5.75 Å². The number of nitrogen functional groups attached to an aromatic ring is 1. The summed E-state index contributed by atoms with van der Waals surface area (Å²) < 4.78 is 5.14. The zero-order valence-electron chi connectivity index (χ0n) is 9.88. The van der Waals surface area contributed by atoms with Crippen molar-refractivity contribution in [2.75, 3.05) is 12.8 Å². The Bertz CT molecular complexity index is 593. The van der Waals surface area contributed by atoms with Crippen molar-refractivity contribution < 1.29 is 14.6 Å². The Morgan fingerprint density at radius 3 is 2.67 bits per heavy atom. The molecular weight excluding hydrogens is 230 g/mol. The molecule has 2 rings (SSSR count). The van der Waals surface area contributed by atoms with Crippen molar-refractivity contribution >= 4 is 11.7 Å². The monoisotopic (exact) mass is 243 g/mol. The van der Waals surface area contributed by atoms with Crippen LogP contribution in [0.1, 0.15) is 10.4 Å². The maximum Gasteiger partial charge on any atom is 0.335 e. The van der Waals surface area contributed by atoms with E-state index in [0.29, 0.717) is 17.0 Å². The second kappa shape index (κ2) is 4.79. The van der Waals surface area contributed by atoms with E-state index in [2.05, 4.69) is 0 Å². The maximum absolute atomic E-state index is 11.0. The zero-order chi connectivity index (χ0) is 13.1. The number of carboxylic acid groups (broad SMARTS) is 1. The summed E-state index contributed by atoms with van der Waals surface area (Å²) in [6, 6.07) is 12.0. The van der Waals surface area contributed by atoms with Gasteiger partial charge in [0.15, 0.2) is 0 Å². The Kier molecular flexibility index (Phi) is 3.19. The van der Waals surface area contributed by atoms with Crippen molar-refractivity contribution in [3.8, 4) is 16.9 Å². The summed E-state index contributed by atoms with van der Waals surface area (Å²) in [4.78, 5) is 11.0. The molecule has 0 saturated heterocycles. The number of carbonyl (C=O) groups is 1. The molecule has 0 fully saturated rings. The van der Waals surface area contributed by atoms with Gasteiger partial charge in [-0.05, 0) is 35.9 Å². The van der Waals surface area contributed by atoms with Crippen LogP contribution in [0.15, 0.2) is 42.5 Å². The molecule has 0 saturated carbocycles. The average molecular weight is 243 g/mol. The third-order valence-corrected chi connectivity index (χ3v) is 2.68. The standard InChI is InChI=1S/C14H13NO3/c1-18-11-4-2-3-9(7-11)12-8-10(14(16)17)5-6-13(12)15/h2-8H,15H2,1H3,(H,16,17). The van der Waals surface area contributed by atoms with Crippen molar-refractivity contribution in [1.29, 1.82) is 0 Å². The quantitative estimate of drug-likeness (QED) is 0.813. The molecule has 0 aliphatic heterocycles. The number of carboxylic acids is 1. The van der Waals surface area contributed by atoms with E-state index in [1.807, 2.05) is 24.3 Å². The first-order valence-corrected chi connectivity index (χ1v) is 5.39. The molecule has 3 N–H and O–H groups in total. The number of hydrogen-bond acceptors (Lipinski definition) is 3. The summed E-state index contributed by atoms with van der Waals surface area (Å²) in [6.07, 6.45) is 0. The Morgan fingerprint density at radius 2 is 2.00 bits per heavy atom. The highest BCUT2D eigenvalue weighted by molar-refractivity contribution is 5.91. The molecule has 2 aromatic carbocycles. The zero-order valence-corrected chi connectivity index (χ0v) is 9.88. The maximum atomic E-state index is 11.0. The van der Waals surface area contributed by atoms with Crippen LogP contribution in [0.25, 0.3) is 11.1 Å². The highest BCUT2D eigenvalue weighted by Crippen LogP contribution is 2.29. The molecule has 0 radical (unpaired) electrons. The van der Waals surface area contributed by atoms with E-state index in [1.54, 1.807) is 19.2 Å². The van der Waals surface area contributed by atoms with Crippen LogP contribution in [0.3, 0.4) is 0 Å². The molecule has 4 heteroatoms. The highest BCUT2D eigenvalue weighted by Gasteiger charge is 2.09. The van der Waals surface area contributed by atoms with E-state index in [1.165, 1.54) is 6.07 Å². The lowest BCUT2D eigenvalue weighted by atomic mass is 10.0. The lowest BCUT2D eigenvalue weighted by Gasteiger charge is -2.08. The Balaban J connectivity index is 2.54. The van der Waals surface area contributed by atoms with E-state index < -0.39 is 5.97 Å². The largest absolute Gasteiger partial charge is 0.497 e. The molecule has 0 unspecified atom stereocenters. The fraction of sp³-hybridized carbons (Fsp3) is 0.0714. The summed E-state index contributed by atoms with van der Waals surface area (Å²) in [5.74, 6) is -0.272. The van der Waals surface area contributed by atoms with E-state index in [9.17, 15) is 4.79 Å².